The average Bonchev–Trinajstić information content (AvgIpc) is 3.31. The van der Waals surface area contributed by atoms with Crippen LogP contribution >= 0.6 is 35.6 Å². The average molecular weight is 574 g/mol. The number of furan rings is 1. The number of hydrogen-bond donors (Lipinski definition) is 2. The number of piperazine rings is 1. The fourth-order valence-electron chi connectivity index (χ4n) is 3.32. The molecule has 0 radical (unpaired) electrons. The van der Waals surface area contributed by atoms with Crippen LogP contribution in [-0.4, -0.2) is 66.8 Å². The zero-order chi connectivity index (χ0) is 22.2. The lowest BCUT2D eigenvalue weighted by molar-refractivity contribution is -0.116. The third kappa shape index (κ3) is 6.86. The van der Waals surface area contributed by atoms with Crippen LogP contribution in [0.2, 0.25) is 5.02 Å². The molecule has 32 heavy (non-hydrogen) atoms. The van der Waals surface area contributed by atoms with Crippen LogP contribution in [0, 0.1) is 6.92 Å². The minimum atomic E-state index is -0.112. The Morgan fingerprint density at radius 1 is 1.12 bits per heavy atom. The van der Waals surface area contributed by atoms with E-state index >= 15 is 0 Å². The van der Waals surface area contributed by atoms with Gasteiger partial charge in [0.25, 0.3) is 5.91 Å². The number of carbonyl (C=O) groups excluding carboxylic acids is 2. The van der Waals surface area contributed by atoms with E-state index < -0.39 is 0 Å². The third-order valence-electron chi connectivity index (χ3n) is 5.08. The smallest absolute Gasteiger partial charge is 0.289 e. The molecule has 2 aromatic rings. The largest absolute Gasteiger partial charge is 0.459 e. The summed E-state index contributed by atoms with van der Waals surface area (Å²) in [5.74, 6) is 0.896. The summed E-state index contributed by atoms with van der Waals surface area (Å²) in [6.07, 6.45) is 1.76. The molecule has 174 valence electrons. The van der Waals surface area contributed by atoms with Gasteiger partial charge in [-0.1, -0.05) is 17.7 Å². The number of carbonyl (C=O) groups is 2. The summed E-state index contributed by atoms with van der Waals surface area (Å²) in [5, 5.41) is 6.78. The van der Waals surface area contributed by atoms with Crippen molar-refractivity contribution in [3.8, 4) is 0 Å². The molecular weight excluding hydrogens is 545 g/mol. The molecule has 0 bridgehead atoms. The molecule has 0 aliphatic carbocycles. The van der Waals surface area contributed by atoms with Crippen LogP contribution in [0.5, 0.6) is 0 Å². The second-order valence-electron chi connectivity index (χ2n) is 7.20. The molecule has 3 rings (SSSR count). The number of benzene rings is 1. The van der Waals surface area contributed by atoms with Gasteiger partial charge in [-0.2, -0.15) is 0 Å². The number of amides is 2. The number of nitrogens with zero attached hydrogens (tertiary/aromatic N) is 3. The number of hydrogen-bond acceptors (Lipinski definition) is 4. The summed E-state index contributed by atoms with van der Waals surface area (Å²) < 4.78 is 5.21. The van der Waals surface area contributed by atoms with Gasteiger partial charge in [0.1, 0.15) is 0 Å². The third-order valence-corrected chi connectivity index (χ3v) is 5.48. The van der Waals surface area contributed by atoms with Crippen LogP contribution in [0.4, 0.5) is 5.69 Å². The zero-order valence-electron chi connectivity index (χ0n) is 18.3. The molecule has 1 aliphatic rings. The van der Waals surface area contributed by atoms with E-state index in [-0.39, 0.29) is 42.2 Å². The maximum Gasteiger partial charge on any atom is 0.289 e. The first-order chi connectivity index (χ1) is 15.0. The standard InChI is InChI=1S/C22H28ClN5O3.HI/c1-3-24-22(25-10-9-20(29)26-18-7-4-6-17(23)16(18)2)28-13-11-27(12-14-28)21(30)19-8-5-15-31-19;/h4-8,15H,3,9-14H2,1-2H3,(H,24,25)(H,26,29);1H. The second kappa shape index (κ2) is 12.7. The van der Waals surface area contributed by atoms with Gasteiger partial charge in [0, 0.05) is 49.9 Å². The van der Waals surface area contributed by atoms with Crippen molar-refractivity contribution in [2.45, 2.75) is 20.3 Å². The molecule has 0 spiro atoms. The maximum absolute atomic E-state index is 12.4. The summed E-state index contributed by atoms with van der Waals surface area (Å²) >= 11 is 6.11. The maximum atomic E-state index is 12.4. The number of anilines is 1. The van der Waals surface area contributed by atoms with Gasteiger partial charge in [-0.3, -0.25) is 14.6 Å². The van der Waals surface area contributed by atoms with E-state index in [0.717, 1.165) is 18.1 Å². The van der Waals surface area contributed by atoms with Crippen LogP contribution in [-0.2, 0) is 4.79 Å². The number of rotatable bonds is 6. The Morgan fingerprint density at radius 3 is 2.50 bits per heavy atom. The lowest BCUT2D eigenvalue weighted by Crippen LogP contribution is -2.53. The van der Waals surface area contributed by atoms with Gasteiger partial charge in [0.05, 0.1) is 12.8 Å². The Morgan fingerprint density at radius 2 is 1.84 bits per heavy atom. The van der Waals surface area contributed by atoms with Crippen molar-refractivity contribution in [3.05, 3.63) is 52.9 Å². The quantitative estimate of drug-likeness (QED) is 0.313. The molecule has 10 heteroatoms. The van der Waals surface area contributed by atoms with Crippen LogP contribution < -0.4 is 10.6 Å². The minimum absolute atomic E-state index is 0. The monoisotopic (exact) mass is 573 g/mol. The van der Waals surface area contributed by atoms with E-state index in [1.54, 1.807) is 23.1 Å². The predicted octanol–water partition coefficient (Wildman–Crippen LogP) is 3.61. The van der Waals surface area contributed by atoms with Crippen LogP contribution in [0.3, 0.4) is 0 Å². The molecule has 2 heterocycles. The highest BCUT2D eigenvalue weighted by Gasteiger charge is 2.25. The number of halogens is 2. The van der Waals surface area contributed by atoms with E-state index in [2.05, 4.69) is 20.5 Å². The first-order valence-corrected chi connectivity index (χ1v) is 10.8. The van der Waals surface area contributed by atoms with E-state index in [0.29, 0.717) is 49.2 Å². The van der Waals surface area contributed by atoms with E-state index in [9.17, 15) is 9.59 Å². The summed E-state index contributed by atoms with van der Waals surface area (Å²) in [6, 6.07) is 8.82. The van der Waals surface area contributed by atoms with Crippen molar-refractivity contribution in [1.82, 2.24) is 15.1 Å². The van der Waals surface area contributed by atoms with Gasteiger partial charge in [0.15, 0.2) is 11.7 Å². The van der Waals surface area contributed by atoms with Gasteiger partial charge < -0.3 is 24.9 Å². The molecule has 2 N–H and O–H groups in total. The first-order valence-electron chi connectivity index (χ1n) is 10.4. The highest BCUT2D eigenvalue weighted by atomic mass is 127. The van der Waals surface area contributed by atoms with Crippen LogP contribution in [0.1, 0.15) is 29.5 Å². The van der Waals surface area contributed by atoms with Crippen molar-refractivity contribution < 1.29 is 14.0 Å². The summed E-state index contributed by atoms with van der Waals surface area (Å²) in [7, 11) is 0. The van der Waals surface area contributed by atoms with Crippen molar-refractivity contribution >= 4 is 59.0 Å². The highest BCUT2D eigenvalue weighted by molar-refractivity contribution is 14.0. The van der Waals surface area contributed by atoms with E-state index in [4.69, 9.17) is 16.0 Å². The molecule has 8 nitrogen and oxygen atoms in total. The molecule has 1 saturated heterocycles. The van der Waals surface area contributed by atoms with Crippen molar-refractivity contribution in [1.29, 1.82) is 0 Å². The van der Waals surface area contributed by atoms with Crippen LogP contribution in [0.25, 0.3) is 0 Å². The number of guanidine groups is 1. The Hall–Kier alpha value is -2.27. The number of aliphatic imine (C=N–C) groups is 1. The van der Waals surface area contributed by atoms with Gasteiger partial charge >= 0.3 is 0 Å². The highest BCUT2D eigenvalue weighted by Crippen LogP contribution is 2.23. The Balaban J connectivity index is 0.00000363. The topological polar surface area (TPSA) is 90.2 Å². The Labute approximate surface area is 210 Å². The van der Waals surface area contributed by atoms with Crippen molar-refractivity contribution in [2.24, 2.45) is 4.99 Å². The number of nitrogens with one attached hydrogen (secondary N) is 2. The summed E-state index contributed by atoms with van der Waals surface area (Å²) in [6.45, 7) is 7.43. The molecule has 1 aromatic carbocycles. The molecule has 1 fully saturated rings. The van der Waals surface area contributed by atoms with Crippen LogP contribution in [0.15, 0.2) is 46.0 Å². The molecule has 0 saturated carbocycles. The van der Waals surface area contributed by atoms with Gasteiger partial charge in [-0.25, -0.2) is 0 Å². The van der Waals surface area contributed by atoms with Gasteiger partial charge in [-0.05, 0) is 43.7 Å². The SMILES string of the molecule is CCNC(=NCCC(=O)Nc1cccc(Cl)c1C)N1CCN(C(=O)c2ccco2)CC1.I. The predicted molar refractivity (Wildman–Crippen MR) is 137 cm³/mol. The zero-order valence-corrected chi connectivity index (χ0v) is 21.4. The Bertz CT molecular complexity index is 928. The van der Waals surface area contributed by atoms with E-state index in [1.165, 1.54) is 6.26 Å². The van der Waals surface area contributed by atoms with Gasteiger partial charge in [0.2, 0.25) is 5.91 Å². The summed E-state index contributed by atoms with van der Waals surface area (Å²) in [4.78, 5) is 33.2. The molecule has 0 atom stereocenters. The fraction of sp³-hybridized carbons (Fsp3) is 0.409. The first kappa shape index (κ1) is 26.0. The lowest BCUT2D eigenvalue weighted by Gasteiger charge is -2.36. The van der Waals surface area contributed by atoms with Crippen molar-refractivity contribution in [3.63, 3.8) is 0 Å². The van der Waals surface area contributed by atoms with E-state index in [1.807, 2.05) is 26.0 Å². The fourth-order valence-corrected chi connectivity index (χ4v) is 3.50. The molecule has 2 amide bonds. The molecule has 1 aromatic heterocycles. The molecular formula is C22H29ClIN5O3. The molecule has 1 aliphatic heterocycles. The second-order valence-corrected chi connectivity index (χ2v) is 7.61. The summed E-state index contributed by atoms with van der Waals surface area (Å²) in [5.41, 5.74) is 1.56. The minimum Gasteiger partial charge on any atom is -0.459 e. The van der Waals surface area contributed by atoms with Gasteiger partial charge in [-0.15, -0.1) is 24.0 Å². The lowest BCUT2D eigenvalue weighted by atomic mass is 10.2. The Kier molecular flexibility index (Phi) is 10.3. The van der Waals surface area contributed by atoms with Crippen molar-refractivity contribution in [2.75, 3.05) is 44.6 Å². The molecule has 0 unspecified atom stereocenters. The normalized spacial score (nSPS) is 14.0.